The molecule has 6 heteroatoms. The summed E-state index contributed by atoms with van der Waals surface area (Å²) in [5, 5.41) is 4.19. The van der Waals surface area contributed by atoms with Gasteiger partial charge in [-0.1, -0.05) is 25.1 Å². The van der Waals surface area contributed by atoms with Crippen molar-refractivity contribution in [1.82, 2.24) is 9.78 Å². The number of esters is 1. The van der Waals surface area contributed by atoms with Gasteiger partial charge in [0.2, 0.25) is 5.91 Å². The first kappa shape index (κ1) is 17.2. The van der Waals surface area contributed by atoms with Crippen LogP contribution in [0.2, 0.25) is 0 Å². The quantitative estimate of drug-likeness (QED) is 0.757. The zero-order chi connectivity index (χ0) is 18.0. The number of amides is 1. The van der Waals surface area contributed by atoms with E-state index in [9.17, 15) is 9.59 Å². The Kier molecular flexibility index (Phi) is 4.88. The van der Waals surface area contributed by atoms with E-state index in [1.54, 1.807) is 9.58 Å². The number of carbonyl (C=O) groups excluding carboxylic acids is 2. The molecule has 132 valence electrons. The van der Waals surface area contributed by atoms with E-state index in [0.29, 0.717) is 6.42 Å². The van der Waals surface area contributed by atoms with Gasteiger partial charge in [0.15, 0.2) is 0 Å². The lowest BCUT2D eigenvalue weighted by Gasteiger charge is -2.29. The molecular weight excluding hydrogens is 318 g/mol. The predicted molar refractivity (Wildman–Crippen MR) is 94.1 cm³/mol. The van der Waals surface area contributed by atoms with Gasteiger partial charge in [0.05, 0.1) is 13.3 Å². The maximum absolute atomic E-state index is 13.2. The zero-order valence-electron chi connectivity index (χ0n) is 14.8. The lowest BCUT2D eigenvalue weighted by atomic mass is 10.1. The van der Waals surface area contributed by atoms with E-state index in [2.05, 4.69) is 5.10 Å². The summed E-state index contributed by atoms with van der Waals surface area (Å²) >= 11 is 0. The molecule has 1 aromatic heterocycles. The second-order valence-corrected chi connectivity index (χ2v) is 6.39. The van der Waals surface area contributed by atoms with E-state index in [1.807, 2.05) is 56.7 Å². The fourth-order valence-corrected chi connectivity index (χ4v) is 3.29. The third-order valence-corrected chi connectivity index (χ3v) is 4.70. The maximum Gasteiger partial charge on any atom is 0.328 e. The van der Waals surface area contributed by atoms with Gasteiger partial charge in [0.1, 0.15) is 6.04 Å². The highest BCUT2D eigenvalue weighted by atomic mass is 16.5. The zero-order valence-corrected chi connectivity index (χ0v) is 14.8. The molecule has 0 saturated heterocycles. The van der Waals surface area contributed by atoms with Gasteiger partial charge in [-0.25, -0.2) is 4.79 Å². The van der Waals surface area contributed by atoms with E-state index >= 15 is 0 Å². The molecule has 2 aromatic rings. The van der Waals surface area contributed by atoms with Crippen LogP contribution in [0.5, 0.6) is 0 Å². The van der Waals surface area contributed by atoms with Crippen LogP contribution < -0.4 is 4.90 Å². The summed E-state index contributed by atoms with van der Waals surface area (Å²) in [6.45, 7) is 1.89. The van der Waals surface area contributed by atoms with Gasteiger partial charge in [0.25, 0.3) is 0 Å². The molecular formula is C19H23N3O3. The third kappa shape index (κ3) is 3.43. The molecule has 0 N–H and O–H groups in total. The van der Waals surface area contributed by atoms with Crippen molar-refractivity contribution in [2.45, 2.75) is 31.7 Å². The predicted octanol–water partition coefficient (Wildman–Crippen LogP) is 2.51. The van der Waals surface area contributed by atoms with Crippen molar-refractivity contribution in [3.8, 4) is 0 Å². The molecule has 0 bridgehead atoms. The van der Waals surface area contributed by atoms with Crippen molar-refractivity contribution in [3.63, 3.8) is 0 Å². The van der Waals surface area contributed by atoms with Gasteiger partial charge in [0, 0.05) is 24.8 Å². The fourth-order valence-electron chi connectivity index (χ4n) is 3.29. The summed E-state index contributed by atoms with van der Waals surface area (Å²) in [6, 6.07) is 8.71. The molecule has 0 radical (unpaired) electrons. The SMILES string of the molecule is CC[C@H](C(=O)OC)N(C(=O)[C@H]1C[C@@H]1c1cnn(C)c1)c1ccccc1. The van der Waals surface area contributed by atoms with E-state index in [4.69, 9.17) is 4.74 Å². The minimum absolute atomic E-state index is 0.0303. The van der Waals surface area contributed by atoms with E-state index in [-0.39, 0.29) is 17.7 Å². The number of para-hydroxylation sites is 1. The maximum atomic E-state index is 13.2. The molecule has 1 aromatic carbocycles. The van der Waals surface area contributed by atoms with Gasteiger partial charge in [-0.15, -0.1) is 0 Å². The first-order chi connectivity index (χ1) is 12.1. The molecule has 0 spiro atoms. The monoisotopic (exact) mass is 341 g/mol. The fraction of sp³-hybridized carbons (Fsp3) is 0.421. The highest BCUT2D eigenvalue weighted by molar-refractivity contribution is 6.02. The van der Waals surface area contributed by atoms with Gasteiger partial charge in [-0.05, 0) is 36.5 Å². The van der Waals surface area contributed by atoms with E-state index in [0.717, 1.165) is 17.7 Å². The number of ether oxygens (including phenoxy) is 1. The molecule has 1 saturated carbocycles. The molecule has 1 amide bonds. The van der Waals surface area contributed by atoms with Crippen LogP contribution in [0.1, 0.15) is 31.2 Å². The Balaban J connectivity index is 1.87. The van der Waals surface area contributed by atoms with Gasteiger partial charge in [-0.2, -0.15) is 5.10 Å². The van der Waals surface area contributed by atoms with Gasteiger partial charge < -0.3 is 4.74 Å². The molecule has 1 aliphatic carbocycles. The molecule has 1 heterocycles. The summed E-state index contributed by atoms with van der Waals surface area (Å²) < 4.78 is 6.67. The van der Waals surface area contributed by atoms with Crippen LogP contribution in [0.4, 0.5) is 5.69 Å². The van der Waals surface area contributed by atoms with Gasteiger partial charge >= 0.3 is 5.97 Å². The minimum Gasteiger partial charge on any atom is -0.467 e. The second-order valence-electron chi connectivity index (χ2n) is 6.39. The number of anilines is 1. The molecule has 0 unspecified atom stereocenters. The number of aryl methyl sites for hydroxylation is 1. The van der Waals surface area contributed by atoms with Crippen molar-refractivity contribution in [2.24, 2.45) is 13.0 Å². The minimum atomic E-state index is -0.616. The molecule has 6 nitrogen and oxygen atoms in total. The summed E-state index contributed by atoms with van der Waals surface area (Å²) in [7, 11) is 3.22. The number of carbonyl (C=O) groups is 2. The number of methoxy groups -OCH3 is 1. The first-order valence-corrected chi connectivity index (χ1v) is 8.51. The first-order valence-electron chi connectivity index (χ1n) is 8.51. The van der Waals surface area contributed by atoms with Crippen molar-refractivity contribution >= 4 is 17.6 Å². The van der Waals surface area contributed by atoms with Crippen LogP contribution in [0.3, 0.4) is 0 Å². The van der Waals surface area contributed by atoms with Crippen molar-refractivity contribution in [1.29, 1.82) is 0 Å². The number of nitrogens with zero attached hydrogens (tertiary/aromatic N) is 3. The summed E-state index contributed by atoms with van der Waals surface area (Å²) in [5.74, 6) is -0.374. The Morgan fingerprint density at radius 2 is 2.08 bits per heavy atom. The smallest absolute Gasteiger partial charge is 0.328 e. The Hall–Kier alpha value is -2.63. The summed E-state index contributed by atoms with van der Waals surface area (Å²) in [6.07, 6.45) is 5.04. The molecule has 1 aliphatic rings. The lowest BCUT2D eigenvalue weighted by Crippen LogP contribution is -2.46. The van der Waals surface area contributed by atoms with E-state index < -0.39 is 12.0 Å². The van der Waals surface area contributed by atoms with Crippen LogP contribution in [0.25, 0.3) is 0 Å². The van der Waals surface area contributed by atoms with Crippen LogP contribution >= 0.6 is 0 Å². The third-order valence-electron chi connectivity index (χ3n) is 4.70. The molecule has 25 heavy (non-hydrogen) atoms. The van der Waals surface area contributed by atoms with E-state index in [1.165, 1.54) is 7.11 Å². The average Bonchev–Trinajstić information content (AvgIpc) is 3.33. The van der Waals surface area contributed by atoms with Crippen LogP contribution in [-0.4, -0.2) is 34.8 Å². The highest BCUT2D eigenvalue weighted by Gasteiger charge is 2.48. The number of benzene rings is 1. The van der Waals surface area contributed by atoms with Crippen molar-refractivity contribution < 1.29 is 14.3 Å². The molecule has 1 fully saturated rings. The van der Waals surface area contributed by atoms with Crippen molar-refractivity contribution in [3.05, 3.63) is 48.3 Å². The normalized spacial score (nSPS) is 20.0. The number of rotatable bonds is 6. The number of aromatic nitrogens is 2. The largest absolute Gasteiger partial charge is 0.467 e. The molecule has 3 atom stereocenters. The topological polar surface area (TPSA) is 64.4 Å². The lowest BCUT2D eigenvalue weighted by molar-refractivity contribution is -0.143. The van der Waals surface area contributed by atoms with Crippen LogP contribution in [0, 0.1) is 5.92 Å². The number of hydrogen-bond acceptors (Lipinski definition) is 4. The van der Waals surface area contributed by atoms with Crippen LogP contribution in [0.15, 0.2) is 42.7 Å². The standard InChI is InChI=1S/C19H23N3O3/c1-4-17(19(24)25-3)22(14-8-6-5-7-9-14)18(23)16-10-15(16)13-11-20-21(2)12-13/h5-9,11-12,15-17H,4,10H2,1-3H3/t15-,16+,17-/m1/s1. The Labute approximate surface area is 147 Å². The van der Waals surface area contributed by atoms with Crippen molar-refractivity contribution in [2.75, 3.05) is 12.0 Å². The Morgan fingerprint density at radius 1 is 1.36 bits per heavy atom. The molecule has 3 rings (SSSR count). The summed E-state index contributed by atoms with van der Waals surface area (Å²) in [4.78, 5) is 27.0. The Morgan fingerprint density at radius 3 is 2.64 bits per heavy atom. The number of hydrogen-bond donors (Lipinski definition) is 0. The highest BCUT2D eigenvalue weighted by Crippen LogP contribution is 2.49. The Bertz CT molecular complexity index is 756. The van der Waals surface area contributed by atoms with Gasteiger partial charge in [-0.3, -0.25) is 14.4 Å². The molecule has 0 aliphatic heterocycles. The second kappa shape index (κ2) is 7.09. The summed E-state index contributed by atoms with van der Waals surface area (Å²) in [5.41, 5.74) is 1.79. The average molecular weight is 341 g/mol. The van der Waals surface area contributed by atoms with Crippen LogP contribution in [-0.2, 0) is 21.4 Å².